The van der Waals surface area contributed by atoms with Crippen LogP contribution in [0.5, 0.6) is 11.5 Å². The van der Waals surface area contributed by atoms with Gasteiger partial charge < -0.3 is 14.8 Å². The van der Waals surface area contributed by atoms with Crippen molar-refractivity contribution in [2.45, 2.75) is 53.0 Å². The summed E-state index contributed by atoms with van der Waals surface area (Å²) in [6, 6.07) is 6.56. The number of benzene rings is 1. The molecule has 120 valence electrons. The molecule has 0 aliphatic rings. The molecular formula is C18H31NO2. The minimum absolute atomic E-state index is 0.0310. The summed E-state index contributed by atoms with van der Waals surface area (Å²) in [6.07, 6.45) is 0. The molecule has 1 unspecified atom stereocenters. The van der Waals surface area contributed by atoms with Crippen LogP contribution in [0.2, 0.25) is 0 Å². The molecule has 1 atom stereocenters. The van der Waals surface area contributed by atoms with Crippen molar-refractivity contribution in [1.82, 2.24) is 5.32 Å². The summed E-state index contributed by atoms with van der Waals surface area (Å²) in [7, 11) is 1.70. The predicted molar refractivity (Wildman–Crippen MR) is 89.5 cm³/mol. The Bertz CT molecular complexity index is 435. The van der Waals surface area contributed by atoms with Gasteiger partial charge in [0.15, 0.2) is 0 Å². The van der Waals surface area contributed by atoms with Crippen molar-refractivity contribution < 1.29 is 9.47 Å². The van der Waals surface area contributed by atoms with E-state index in [-0.39, 0.29) is 5.41 Å². The summed E-state index contributed by atoms with van der Waals surface area (Å²) in [4.78, 5) is 0. The van der Waals surface area contributed by atoms with E-state index in [1.807, 2.05) is 12.1 Å². The molecule has 3 nitrogen and oxygen atoms in total. The van der Waals surface area contributed by atoms with Gasteiger partial charge in [0.05, 0.1) is 13.7 Å². The number of nitrogens with one attached hydrogen (secondary N) is 1. The molecule has 3 heteroatoms. The van der Waals surface area contributed by atoms with E-state index in [0.717, 1.165) is 24.7 Å². The molecule has 21 heavy (non-hydrogen) atoms. The molecule has 0 radical (unpaired) electrons. The molecule has 1 N–H and O–H groups in total. The van der Waals surface area contributed by atoms with Crippen LogP contribution in [0.1, 0.15) is 47.1 Å². The topological polar surface area (TPSA) is 30.5 Å². The number of hydrogen-bond acceptors (Lipinski definition) is 3. The molecular weight excluding hydrogens is 262 g/mol. The Morgan fingerprint density at radius 3 is 2.33 bits per heavy atom. The molecule has 0 fully saturated rings. The molecule has 0 saturated carbocycles. The van der Waals surface area contributed by atoms with Crippen molar-refractivity contribution >= 4 is 0 Å². The molecule has 1 rings (SSSR count). The smallest absolute Gasteiger partial charge is 0.123 e. The Kier molecular flexibility index (Phi) is 6.53. The summed E-state index contributed by atoms with van der Waals surface area (Å²) in [5, 5.41) is 3.44. The van der Waals surface area contributed by atoms with Crippen LogP contribution < -0.4 is 14.8 Å². The van der Waals surface area contributed by atoms with E-state index in [0.29, 0.717) is 12.0 Å². The normalized spacial score (nSPS) is 13.3. The van der Waals surface area contributed by atoms with Crippen LogP contribution in [0.15, 0.2) is 18.2 Å². The Hall–Kier alpha value is -1.22. The van der Waals surface area contributed by atoms with Gasteiger partial charge in [0.1, 0.15) is 11.5 Å². The maximum Gasteiger partial charge on any atom is 0.123 e. The van der Waals surface area contributed by atoms with Gasteiger partial charge in [0, 0.05) is 24.1 Å². The predicted octanol–water partition coefficient (Wildman–Crippen LogP) is 4.01. The van der Waals surface area contributed by atoms with Crippen LogP contribution in [0.4, 0.5) is 0 Å². The summed E-state index contributed by atoms with van der Waals surface area (Å²) >= 11 is 0. The molecule has 0 heterocycles. The van der Waals surface area contributed by atoms with Gasteiger partial charge in [-0.2, -0.15) is 0 Å². The summed E-state index contributed by atoms with van der Waals surface area (Å²) in [6.45, 7) is 14.8. The fourth-order valence-corrected chi connectivity index (χ4v) is 2.08. The molecule has 0 aromatic heterocycles. The van der Waals surface area contributed by atoms with Gasteiger partial charge in [0.25, 0.3) is 0 Å². The lowest BCUT2D eigenvalue weighted by molar-refractivity contribution is 0.247. The van der Waals surface area contributed by atoms with E-state index >= 15 is 0 Å². The van der Waals surface area contributed by atoms with Crippen LogP contribution in [-0.2, 0) is 5.41 Å². The Morgan fingerprint density at radius 2 is 1.81 bits per heavy atom. The third-order valence-corrected chi connectivity index (χ3v) is 3.39. The lowest BCUT2D eigenvalue weighted by Gasteiger charge is -2.24. The minimum atomic E-state index is 0.0310. The second-order valence-electron chi connectivity index (χ2n) is 7.09. The Labute approximate surface area is 130 Å². The number of methoxy groups -OCH3 is 1. The van der Waals surface area contributed by atoms with Gasteiger partial charge in [-0.05, 0) is 23.6 Å². The zero-order valence-corrected chi connectivity index (χ0v) is 14.6. The zero-order chi connectivity index (χ0) is 16.0. The molecule has 0 bridgehead atoms. The Balaban J connectivity index is 2.74. The number of ether oxygens (including phenoxy) is 2. The van der Waals surface area contributed by atoms with Crippen LogP contribution >= 0.6 is 0 Å². The first-order valence-corrected chi connectivity index (χ1v) is 7.78. The van der Waals surface area contributed by atoms with Crippen molar-refractivity contribution in [3.8, 4) is 11.5 Å². The highest BCUT2D eigenvalue weighted by atomic mass is 16.5. The Morgan fingerprint density at radius 1 is 1.14 bits per heavy atom. The van der Waals surface area contributed by atoms with Crippen molar-refractivity contribution in [1.29, 1.82) is 0 Å². The van der Waals surface area contributed by atoms with Crippen molar-refractivity contribution in [2.24, 2.45) is 5.92 Å². The highest BCUT2D eigenvalue weighted by Crippen LogP contribution is 2.34. The molecule has 1 aromatic carbocycles. The van der Waals surface area contributed by atoms with Gasteiger partial charge in [-0.25, -0.2) is 0 Å². The third kappa shape index (κ3) is 5.96. The second-order valence-corrected chi connectivity index (χ2v) is 7.09. The molecule has 0 spiro atoms. The van der Waals surface area contributed by atoms with Crippen molar-refractivity contribution in [3.63, 3.8) is 0 Å². The lowest BCUT2D eigenvalue weighted by Crippen LogP contribution is -2.30. The van der Waals surface area contributed by atoms with Crippen molar-refractivity contribution in [3.05, 3.63) is 23.8 Å². The SMILES string of the molecule is COc1ccc(OCC(C)CNC(C)C)c(C(C)(C)C)c1. The first-order chi connectivity index (χ1) is 9.74. The fraction of sp³-hybridized carbons (Fsp3) is 0.667. The van der Waals surface area contributed by atoms with E-state index in [9.17, 15) is 0 Å². The van der Waals surface area contributed by atoms with Crippen LogP contribution in [-0.4, -0.2) is 26.3 Å². The summed E-state index contributed by atoms with van der Waals surface area (Å²) in [5.74, 6) is 2.31. The maximum absolute atomic E-state index is 6.06. The minimum Gasteiger partial charge on any atom is -0.497 e. The molecule has 0 amide bonds. The summed E-state index contributed by atoms with van der Waals surface area (Å²) < 4.78 is 11.4. The van der Waals surface area contributed by atoms with Gasteiger partial charge in [-0.3, -0.25) is 0 Å². The molecule has 0 aliphatic heterocycles. The maximum atomic E-state index is 6.06. The summed E-state index contributed by atoms with van der Waals surface area (Å²) in [5.41, 5.74) is 1.22. The van der Waals surface area contributed by atoms with Gasteiger partial charge in [-0.1, -0.05) is 41.5 Å². The highest BCUT2D eigenvalue weighted by Gasteiger charge is 2.20. The standard InChI is InChI=1S/C18H31NO2/c1-13(2)19-11-14(3)12-21-17-9-8-15(20-7)10-16(17)18(4,5)6/h8-10,13-14,19H,11-12H2,1-7H3. The fourth-order valence-electron chi connectivity index (χ4n) is 2.08. The van der Waals surface area contributed by atoms with E-state index in [1.165, 1.54) is 5.56 Å². The number of rotatable bonds is 7. The molecule has 0 saturated heterocycles. The van der Waals surface area contributed by atoms with Gasteiger partial charge >= 0.3 is 0 Å². The van der Waals surface area contributed by atoms with Crippen molar-refractivity contribution in [2.75, 3.05) is 20.3 Å². The number of hydrogen-bond donors (Lipinski definition) is 1. The van der Waals surface area contributed by atoms with Crippen LogP contribution in [0.3, 0.4) is 0 Å². The van der Waals surface area contributed by atoms with Crippen LogP contribution in [0.25, 0.3) is 0 Å². The van der Waals surface area contributed by atoms with Gasteiger partial charge in [0.2, 0.25) is 0 Å². The highest BCUT2D eigenvalue weighted by molar-refractivity contribution is 5.44. The van der Waals surface area contributed by atoms with E-state index in [1.54, 1.807) is 7.11 Å². The molecule has 1 aromatic rings. The van der Waals surface area contributed by atoms with E-state index < -0.39 is 0 Å². The lowest BCUT2D eigenvalue weighted by atomic mass is 9.86. The van der Waals surface area contributed by atoms with Crippen LogP contribution in [0, 0.1) is 5.92 Å². The first-order valence-electron chi connectivity index (χ1n) is 7.78. The monoisotopic (exact) mass is 293 g/mol. The first kappa shape index (κ1) is 17.8. The average Bonchev–Trinajstić information content (AvgIpc) is 2.41. The largest absolute Gasteiger partial charge is 0.497 e. The quantitative estimate of drug-likeness (QED) is 0.824. The average molecular weight is 293 g/mol. The van der Waals surface area contributed by atoms with E-state index in [4.69, 9.17) is 9.47 Å². The van der Waals surface area contributed by atoms with Gasteiger partial charge in [-0.15, -0.1) is 0 Å². The van der Waals surface area contributed by atoms with E-state index in [2.05, 4.69) is 52.9 Å². The molecule has 0 aliphatic carbocycles. The third-order valence-electron chi connectivity index (χ3n) is 3.39. The second kappa shape index (κ2) is 7.69. The zero-order valence-electron chi connectivity index (χ0n) is 14.6.